The van der Waals surface area contributed by atoms with Gasteiger partial charge in [-0.1, -0.05) is 13.8 Å². The summed E-state index contributed by atoms with van der Waals surface area (Å²) in [5.74, 6) is 0.985. The molecule has 5 heteroatoms. The van der Waals surface area contributed by atoms with E-state index >= 15 is 0 Å². The van der Waals surface area contributed by atoms with E-state index in [-0.39, 0.29) is 16.9 Å². The zero-order valence-electron chi connectivity index (χ0n) is 13.3. The van der Waals surface area contributed by atoms with Gasteiger partial charge in [0.1, 0.15) is 5.75 Å². The molecule has 1 aromatic carbocycles. The van der Waals surface area contributed by atoms with Gasteiger partial charge in [0.2, 0.25) is 0 Å². The van der Waals surface area contributed by atoms with Crippen LogP contribution in [0.15, 0.2) is 35.1 Å². The first-order valence-corrected chi connectivity index (χ1v) is 7.21. The third-order valence-electron chi connectivity index (χ3n) is 3.18. The van der Waals surface area contributed by atoms with Gasteiger partial charge < -0.3 is 4.74 Å². The van der Waals surface area contributed by atoms with E-state index in [4.69, 9.17) is 4.74 Å². The smallest absolute Gasteiger partial charge is 0.277 e. The van der Waals surface area contributed by atoms with Gasteiger partial charge in [-0.2, -0.15) is 5.10 Å². The highest BCUT2D eigenvalue weighted by Crippen LogP contribution is 2.21. The van der Waals surface area contributed by atoms with Crippen LogP contribution in [-0.2, 0) is 7.05 Å². The molecule has 2 aromatic rings. The van der Waals surface area contributed by atoms with Crippen LogP contribution in [0.25, 0.3) is 11.3 Å². The maximum Gasteiger partial charge on any atom is 0.277 e. The highest BCUT2D eigenvalue weighted by Gasteiger charge is 2.11. The van der Waals surface area contributed by atoms with Crippen molar-refractivity contribution < 1.29 is 9.53 Å². The topological polar surface area (TPSA) is 61.2 Å². The van der Waals surface area contributed by atoms with Gasteiger partial charge in [-0.3, -0.25) is 9.59 Å². The molecule has 22 heavy (non-hydrogen) atoms. The monoisotopic (exact) mass is 300 g/mol. The first kappa shape index (κ1) is 15.9. The Balaban J connectivity index is 2.32. The summed E-state index contributed by atoms with van der Waals surface area (Å²) < 4.78 is 6.82. The molecular formula is C17H20N2O3. The van der Waals surface area contributed by atoms with E-state index in [1.807, 2.05) is 24.3 Å². The fraction of sp³-hybridized carbons (Fsp3) is 0.353. The SMILES string of the molecule is CC(=O)c1cc(-c2ccc(OCC(C)C)cc2)nn(C)c1=O. The fourth-order valence-electron chi connectivity index (χ4n) is 1.99. The molecule has 5 nitrogen and oxygen atoms in total. The molecule has 0 radical (unpaired) electrons. The number of rotatable bonds is 5. The second kappa shape index (κ2) is 6.56. The molecule has 116 valence electrons. The van der Waals surface area contributed by atoms with Crippen LogP contribution in [0.5, 0.6) is 5.75 Å². The minimum Gasteiger partial charge on any atom is -0.493 e. The predicted molar refractivity (Wildman–Crippen MR) is 85.3 cm³/mol. The number of Topliss-reactive ketones (excluding diaryl/α,β-unsaturated/α-hetero) is 1. The van der Waals surface area contributed by atoms with Crippen molar-refractivity contribution in [2.45, 2.75) is 20.8 Å². The molecule has 0 amide bonds. The number of ketones is 1. The highest BCUT2D eigenvalue weighted by molar-refractivity contribution is 5.94. The number of benzene rings is 1. The Morgan fingerprint density at radius 3 is 2.45 bits per heavy atom. The quantitative estimate of drug-likeness (QED) is 0.797. The first-order chi connectivity index (χ1) is 10.4. The number of hydrogen-bond acceptors (Lipinski definition) is 4. The van der Waals surface area contributed by atoms with Gasteiger partial charge in [0.05, 0.1) is 17.9 Å². The zero-order chi connectivity index (χ0) is 16.3. The van der Waals surface area contributed by atoms with E-state index < -0.39 is 0 Å². The number of hydrogen-bond donors (Lipinski definition) is 0. The Kier molecular flexibility index (Phi) is 4.75. The minimum atomic E-state index is -0.381. The number of carbonyl (C=O) groups excluding carboxylic acids is 1. The van der Waals surface area contributed by atoms with Crippen LogP contribution in [0.1, 0.15) is 31.1 Å². The summed E-state index contributed by atoms with van der Waals surface area (Å²) in [6, 6.07) is 8.99. The molecular weight excluding hydrogens is 280 g/mol. The standard InChI is InChI=1S/C17H20N2O3/c1-11(2)10-22-14-7-5-13(6-8-14)16-9-15(12(3)20)17(21)19(4)18-16/h5-9,11H,10H2,1-4H3. The maximum atomic E-state index is 11.9. The fourth-order valence-corrected chi connectivity index (χ4v) is 1.99. The Bertz CT molecular complexity index is 731. The molecule has 0 spiro atoms. The molecule has 0 atom stereocenters. The molecule has 0 unspecified atom stereocenters. The molecule has 0 bridgehead atoms. The summed E-state index contributed by atoms with van der Waals surface area (Å²) in [7, 11) is 1.54. The van der Waals surface area contributed by atoms with Crippen molar-refractivity contribution in [3.63, 3.8) is 0 Å². The van der Waals surface area contributed by atoms with Gasteiger partial charge in [-0.25, -0.2) is 4.68 Å². The van der Waals surface area contributed by atoms with Crippen molar-refractivity contribution in [3.05, 3.63) is 46.2 Å². The lowest BCUT2D eigenvalue weighted by Gasteiger charge is -2.10. The van der Waals surface area contributed by atoms with E-state index in [0.29, 0.717) is 18.2 Å². The molecule has 0 saturated carbocycles. The molecule has 1 aromatic heterocycles. The van der Waals surface area contributed by atoms with Gasteiger partial charge in [0.25, 0.3) is 5.56 Å². The first-order valence-electron chi connectivity index (χ1n) is 7.21. The molecule has 0 N–H and O–H groups in total. The maximum absolute atomic E-state index is 11.9. The van der Waals surface area contributed by atoms with Crippen LogP contribution in [0.2, 0.25) is 0 Å². The normalized spacial score (nSPS) is 10.8. The number of nitrogens with zero attached hydrogens (tertiary/aromatic N) is 2. The third kappa shape index (κ3) is 3.61. The van der Waals surface area contributed by atoms with Crippen molar-refractivity contribution in [2.75, 3.05) is 6.61 Å². The predicted octanol–water partition coefficient (Wildman–Crippen LogP) is 2.68. The number of aryl methyl sites for hydroxylation is 1. The summed E-state index contributed by atoms with van der Waals surface area (Å²) in [5.41, 5.74) is 1.18. The largest absolute Gasteiger partial charge is 0.493 e. The minimum absolute atomic E-state index is 0.146. The van der Waals surface area contributed by atoms with Crippen molar-refractivity contribution in [2.24, 2.45) is 13.0 Å². The van der Waals surface area contributed by atoms with E-state index in [0.717, 1.165) is 11.3 Å². The van der Waals surface area contributed by atoms with Gasteiger partial charge in [0.15, 0.2) is 5.78 Å². The summed E-state index contributed by atoms with van der Waals surface area (Å²) in [6.07, 6.45) is 0. The Morgan fingerprint density at radius 2 is 1.91 bits per heavy atom. The zero-order valence-corrected chi connectivity index (χ0v) is 13.3. The lowest BCUT2D eigenvalue weighted by atomic mass is 10.1. The van der Waals surface area contributed by atoms with Crippen LogP contribution in [0.4, 0.5) is 0 Å². The van der Waals surface area contributed by atoms with E-state index in [1.165, 1.54) is 17.7 Å². The van der Waals surface area contributed by atoms with E-state index in [2.05, 4.69) is 18.9 Å². The third-order valence-corrected chi connectivity index (χ3v) is 3.18. The molecule has 0 fully saturated rings. The van der Waals surface area contributed by atoms with Crippen molar-refractivity contribution in [1.29, 1.82) is 0 Å². The van der Waals surface area contributed by atoms with Gasteiger partial charge in [-0.05, 0) is 43.2 Å². The second-order valence-corrected chi connectivity index (χ2v) is 5.66. The summed E-state index contributed by atoms with van der Waals surface area (Å²) in [4.78, 5) is 23.4. The molecule has 0 aliphatic rings. The lowest BCUT2D eigenvalue weighted by Crippen LogP contribution is -2.25. The summed E-state index contributed by atoms with van der Waals surface area (Å²) >= 11 is 0. The van der Waals surface area contributed by atoms with Crippen molar-refractivity contribution in [1.82, 2.24) is 9.78 Å². The molecule has 2 rings (SSSR count). The lowest BCUT2D eigenvalue weighted by molar-refractivity contribution is 0.101. The van der Waals surface area contributed by atoms with Gasteiger partial charge in [-0.15, -0.1) is 0 Å². The van der Waals surface area contributed by atoms with Crippen LogP contribution in [-0.4, -0.2) is 22.2 Å². The summed E-state index contributed by atoms with van der Waals surface area (Å²) in [5, 5.41) is 4.20. The highest BCUT2D eigenvalue weighted by atomic mass is 16.5. The Hall–Kier alpha value is -2.43. The van der Waals surface area contributed by atoms with Crippen molar-refractivity contribution >= 4 is 5.78 Å². The van der Waals surface area contributed by atoms with Gasteiger partial charge >= 0.3 is 0 Å². The molecule has 0 aliphatic heterocycles. The van der Waals surface area contributed by atoms with Crippen LogP contribution < -0.4 is 10.3 Å². The molecule has 0 saturated heterocycles. The second-order valence-electron chi connectivity index (χ2n) is 5.66. The molecule has 1 heterocycles. The van der Waals surface area contributed by atoms with Crippen molar-refractivity contribution in [3.8, 4) is 17.0 Å². The summed E-state index contributed by atoms with van der Waals surface area (Å²) in [6.45, 7) is 6.22. The van der Waals surface area contributed by atoms with Crippen LogP contribution in [0, 0.1) is 5.92 Å². The number of carbonyl (C=O) groups is 1. The molecule has 0 aliphatic carbocycles. The Morgan fingerprint density at radius 1 is 1.27 bits per heavy atom. The van der Waals surface area contributed by atoms with Gasteiger partial charge in [0, 0.05) is 12.6 Å². The van der Waals surface area contributed by atoms with Crippen LogP contribution >= 0.6 is 0 Å². The number of ether oxygens (including phenoxy) is 1. The van der Waals surface area contributed by atoms with E-state index in [1.54, 1.807) is 7.05 Å². The van der Waals surface area contributed by atoms with Crippen LogP contribution in [0.3, 0.4) is 0 Å². The number of aromatic nitrogens is 2. The average Bonchev–Trinajstić information content (AvgIpc) is 2.48. The average molecular weight is 300 g/mol. The van der Waals surface area contributed by atoms with E-state index in [9.17, 15) is 9.59 Å². The Labute approximate surface area is 129 Å².